The third kappa shape index (κ3) is 2.45. The van der Waals surface area contributed by atoms with Gasteiger partial charge in [-0.3, -0.25) is 9.78 Å². The number of nitrogens with zero attached hydrogens (tertiary/aromatic N) is 1. The molecule has 4 heteroatoms. The number of halogens is 1. The summed E-state index contributed by atoms with van der Waals surface area (Å²) >= 11 is 5.94. The van der Waals surface area contributed by atoms with Crippen molar-refractivity contribution < 1.29 is 9.90 Å². The van der Waals surface area contributed by atoms with Crippen LogP contribution in [0.15, 0.2) is 18.3 Å². The first-order valence-electron chi connectivity index (χ1n) is 4.26. The van der Waals surface area contributed by atoms with Crippen LogP contribution >= 0.6 is 11.6 Å². The van der Waals surface area contributed by atoms with Gasteiger partial charge in [0.25, 0.3) is 0 Å². The van der Waals surface area contributed by atoms with Gasteiger partial charge in [-0.05, 0) is 12.1 Å². The Bertz CT molecular complexity index is 350. The van der Waals surface area contributed by atoms with E-state index >= 15 is 0 Å². The molecule has 0 spiro atoms. The fraction of sp³-hybridized carbons (Fsp3) is 0.400. The SMILES string of the molecule is CC(C)(CC(=O)O)c1ncccc1Cl. The molecule has 0 amide bonds. The number of hydrogen-bond acceptors (Lipinski definition) is 2. The van der Waals surface area contributed by atoms with E-state index in [1.165, 1.54) is 0 Å². The monoisotopic (exact) mass is 213 g/mol. The normalized spacial score (nSPS) is 11.4. The molecule has 0 bridgehead atoms. The summed E-state index contributed by atoms with van der Waals surface area (Å²) in [5.74, 6) is -0.850. The van der Waals surface area contributed by atoms with Gasteiger partial charge >= 0.3 is 5.97 Å². The predicted molar refractivity (Wildman–Crippen MR) is 54.5 cm³/mol. The highest BCUT2D eigenvalue weighted by molar-refractivity contribution is 6.31. The standard InChI is InChI=1S/C10H12ClNO2/c1-10(2,6-8(13)14)9-7(11)4-3-5-12-9/h3-5H,6H2,1-2H3,(H,13,14). The fourth-order valence-corrected chi connectivity index (χ4v) is 1.72. The van der Waals surface area contributed by atoms with Crippen molar-refractivity contribution in [1.82, 2.24) is 4.98 Å². The minimum Gasteiger partial charge on any atom is -0.481 e. The Labute approximate surface area is 87.7 Å². The van der Waals surface area contributed by atoms with E-state index in [9.17, 15) is 4.79 Å². The van der Waals surface area contributed by atoms with Gasteiger partial charge in [0.1, 0.15) is 0 Å². The summed E-state index contributed by atoms with van der Waals surface area (Å²) in [6.07, 6.45) is 1.63. The van der Waals surface area contributed by atoms with Crippen LogP contribution < -0.4 is 0 Å². The molecular weight excluding hydrogens is 202 g/mol. The average molecular weight is 214 g/mol. The van der Waals surface area contributed by atoms with Gasteiger partial charge in [0, 0.05) is 11.6 Å². The number of aromatic nitrogens is 1. The van der Waals surface area contributed by atoms with Gasteiger partial charge in [0.05, 0.1) is 17.1 Å². The average Bonchev–Trinajstić information content (AvgIpc) is 2.02. The lowest BCUT2D eigenvalue weighted by Gasteiger charge is -2.22. The second-order valence-electron chi connectivity index (χ2n) is 3.79. The Morgan fingerprint density at radius 1 is 1.64 bits per heavy atom. The smallest absolute Gasteiger partial charge is 0.304 e. The van der Waals surface area contributed by atoms with E-state index in [4.69, 9.17) is 16.7 Å². The molecule has 0 saturated carbocycles. The van der Waals surface area contributed by atoms with E-state index in [1.54, 1.807) is 18.3 Å². The molecule has 0 unspecified atom stereocenters. The zero-order valence-electron chi connectivity index (χ0n) is 8.12. The largest absolute Gasteiger partial charge is 0.481 e. The van der Waals surface area contributed by atoms with Crippen LogP contribution in [0.2, 0.25) is 5.02 Å². The maximum atomic E-state index is 10.6. The molecule has 0 fully saturated rings. The van der Waals surface area contributed by atoms with E-state index in [2.05, 4.69) is 4.98 Å². The Morgan fingerprint density at radius 2 is 2.29 bits per heavy atom. The van der Waals surface area contributed by atoms with Crippen LogP contribution in [0.5, 0.6) is 0 Å². The number of carboxylic acid groups (broad SMARTS) is 1. The topological polar surface area (TPSA) is 50.2 Å². The molecule has 1 aromatic heterocycles. The highest BCUT2D eigenvalue weighted by atomic mass is 35.5. The van der Waals surface area contributed by atoms with Crippen LogP contribution in [0.25, 0.3) is 0 Å². The maximum absolute atomic E-state index is 10.6. The van der Waals surface area contributed by atoms with Crippen molar-refractivity contribution in [3.8, 4) is 0 Å². The molecule has 0 saturated heterocycles. The molecular formula is C10H12ClNO2. The number of carboxylic acids is 1. The van der Waals surface area contributed by atoms with Crippen LogP contribution in [-0.4, -0.2) is 16.1 Å². The summed E-state index contributed by atoms with van der Waals surface area (Å²) in [6.45, 7) is 3.63. The van der Waals surface area contributed by atoms with E-state index in [1.807, 2.05) is 13.8 Å². The summed E-state index contributed by atoms with van der Waals surface area (Å²) in [5.41, 5.74) is 0.0912. The highest BCUT2D eigenvalue weighted by Gasteiger charge is 2.27. The molecule has 76 valence electrons. The van der Waals surface area contributed by atoms with Crippen molar-refractivity contribution in [2.75, 3.05) is 0 Å². The maximum Gasteiger partial charge on any atom is 0.304 e. The molecule has 0 radical (unpaired) electrons. The van der Waals surface area contributed by atoms with Crippen molar-refractivity contribution in [1.29, 1.82) is 0 Å². The first-order chi connectivity index (χ1) is 6.43. The van der Waals surface area contributed by atoms with Gasteiger partial charge < -0.3 is 5.11 Å². The van der Waals surface area contributed by atoms with Gasteiger partial charge in [-0.25, -0.2) is 0 Å². The fourth-order valence-electron chi connectivity index (χ4n) is 1.35. The van der Waals surface area contributed by atoms with Gasteiger partial charge in [0.2, 0.25) is 0 Å². The lowest BCUT2D eigenvalue weighted by Crippen LogP contribution is -2.23. The highest BCUT2D eigenvalue weighted by Crippen LogP contribution is 2.30. The molecule has 0 atom stereocenters. The molecule has 0 aliphatic rings. The number of pyridine rings is 1. The Morgan fingerprint density at radius 3 is 2.79 bits per heavy atom. The third-order valence-electron chi connectivity index (χ3n) is 1.99. The third-order valence-corrected chi connectivity index (χ3v) is 2.30. The Kier molecular flexibility index (Phi) is 3.11. The van der Waals surface area contributed by atoms with E-state index < -0.39 is 11.4 Å². The van der Waals surface area contributed by atoms with Crippen molar-refractivity contribution in [2.24, 2.45) is 0 Å². The molecule has 3 nitrogen and oxygen atoms in total. The summed E-state index contributed by atoms with van der Waals surface area (Å²) in [6, 6.07) is 3.44. The van der Waals surface area contributed by atoms with Gasteiger partial charge in [-0.1, -0.05) is 25.4 Å². The number of hydrogen-bond donors (Lipinski definition) is 1. The van der Waals surface area contributed by atoms with Crippen LogP contribution in [-0.2, 0) is 10.2 Å². The number of aliphatic carboxylic acids is 1. The molecule has 0 aromatic carbocycles. The van der Waals surface area contributed by atoms with Crippen molar-refractivity contribution in [2.45, 2.75) is 25.7 Å². The van der Waals surface area contributed by atoms with E-state index in [-0.39, 0.29) is 6.42 Å². The molecule has 1 rings (SSSR count). The quantitative estimate of drug-likeness (QED) is 0.839. The van der Waals surface area contributed by atoms with Crippen LogP contribution in [0.3, 0.4) is 0 Å². The van der Waals surface area contributed by atoms with Gasteiger partial charge in [-0.2, -0.15) is 0 Å². The van der Waals surface area contributed by atoms with Crippen LogP contribution in [0.1, 0.15) is 26.0 Å². The second kappa shape index (κ2) is 3.96. The molecule has 1 N–H and O–H groups in total. The summed E-state index contributed by atoms with van der Waals surface area (Å²) in [4.78, 5) is 14.7. The lowest BCUT2D eigenvalue weighted by molar-refractivity contribution is -0.138. The first kappa shape index (κ1) is 11.0. The second-order valence-corrected chi connectivity index (χ2v) is 4.20. The minimum absolute atomic E-state index is 0.0176. The summed E-state index contributed by atoms with van der Waals surface area (Å²) in [7, 11) is 0. The van der Waals surface area contributed by atoms with Crippen LogP contribution in [0, 0.1) is 0 Å². The predicted octanol–water partition coefficient (Wildman–Crippen LogP) is 2.49. The molecule has 1 aromatic rings. The Balaban J connectivity index is 3.03. The molecule has 1 heterocycles. The molecule has 14 heavy (non-hydrogen) atoms. The molecule has 0 aliphatic carbocycles. The van der Waals surface area contributed by atoms with Crippen molar-refractivity contribution >= 4 is 17.6 Å². The minimum atomic E-state index is -0.850. The summed E-state index contributed by atoms with van der Waals surface area (Å²) in [5, 5.41) is 9.24. The number of carbonyl (C=O) groups is 1. The molecule has 0 aliphatic heterocycles. The zero-order valence-corrected chi connectivity index (χ0v) is 8.88. The first-order valence-corrected chi connectivity index (χ1v) is 4.64. The van der Waals surface area contributed by atoms with E-state index in [0.29, 0.717) is 10.7 Å². The van der Waals surface area contributed by atoms with Gasteiger partial charge in [-0.15, -0.1) is 0 Å². The van der Waals surface area contributed by atoms with Crippen molar-refractivity contribution in [3.63, 3.8) is 0 Å². The Hall–Kier alpha value is -1.09. The van der Waals surface area contributed by atoms with Crippen molar-refractivity contribution in [3.05, 3.63) is 29.0 Å². The van der Waals surface area contributed by atoms with E-state index in [0.717, 1.165) is 0 Å². The van der Waals surface area contributed by atoms with Crippen LogP contribution in [0.4, 0.5) is 0 Å². The van der Waals surface area contributed by atoms with Gasteiger partial charge in [0.15, 0.2) is 0 Å². The summed E-state index contributed by atoms with van der Waals surface area (Å²) < 4.78 is 0. The number of rotatable bonds is 3. The zero-order chi connectivity index (χ0) is 10.8. The lowest BCUT2D eigenvalue weighted by atomic mass is 9.85.